The van der Waals surface area contributed by atoms with E-state index in [0.29, 0.717) is 24.6 Å². The largest absolute Gasteiger partial charge is 0.337 e. The molecule has 0 radical (unpaired) electrons. The fourth-order valence-electron chi connectivity index (χ4n) is 3.37. The lowest BCUT2D eigenvalue weighted by Gasteiger charge is -2.48. The molecular formula is C20H28IN3O3. The minimum absolute atomic E-state index is 0.0506. The maximum atomic E-state index is 13.0. The van der Waals surface area contributed by atoms with Gasteiger partial charge in [-0.1, -0.05) is 61.1 Å². The molecule has 0 saturated carbocycles. The Kier molecular flexibility index (Phi) is 7.64. The molecule has 3 unspecified atom stereocenters. The number of carbonyl (C=O) groups is 3. The Hall–Kier alpha value is -1.64. The monoisotopic (exact) mass is 485 g/mol. The highest BCUT2D eigenvalue weighted by Crippen LogP contribution is 2.23. The number of hydrogen-bond donors (Lipinski definition) is 0. The third-order valence-corrected chi connectivity index (χ3v) is 5.86. The van der Waals surface area contributed by atoms with Crippen LogP contribution in [0.25, 0.3) is 0 Å². The molecule has 1 aliphatic rings. The van der Waals surface area contributed by atoms with Crippen LogP contribution in [0, 0.1) is 5.92 Å². The number of halogens is 1. The summed E-state index contributed by atoms with van der Waals surface area (Å²) in [5.41, 5.74) is 0.569. The number of carbonyl (C=O) groups excluding carboxylic acids is 3. The second-order valence-corrected chi connectivity index (χ2v) is 7.89. The number of amides is 3. The molecule has 2 rings (SSSR count). The quantitative estimate of drug-likeness (QED) is 0.460. The Morgan fingerprint density at radius 1 is 1.30 bits per heavy atom. The Labute approximate surface area is 175 Å². The van der Waals surface area contributed by atoms with Crippen LogP contribution < -0.4 is 0 Å². The van der Waals surface area contributed by atoms with Crippen LogP contribution in [-0.2, 0) is 9.59 Å². The first kappa shape index (κ1) is 21.7. The number of alkyl halides is 1. The first-order valence-electron chi connectivity index (χ1n) is 9.29. The lowest BCUT2D eigenvalue weighted by molar-refractivity contribution is -0.159. The highest BCUT2D eigenvalue weighted by molar-refractivity contribution is 14.1. The summed E-state index contributed by atoms with van der Waals surface area (Å²) in [7, 11) is 1.71. The summed E-state index contributed by atoms with van der Waals surface area (Å²) in [6, 6.07) is 8.43. The number of piperazine rings is 1. The van der Waals surface area contributed by atoms with Crippen LogP contribution in [0.3, 0.4) is 0 Å². The Balaban J connectivity index is 2.33. The molecule has 0 bridgehead atoms. The number of rotatable bonds is 6. The van der Waals surface area contributed by atoms with Crippen molar-refractivity contribution in [3.63, 3.8) is 0 Å². The van der Waals surface area contributed by atoms with Gasteiger partial charge in [-0.15, -0.1) is 0 Å². The molecule has 7 heteroatoms. The van der Waals surface area contributed by atoms with Gasteiger partial charge in [0.15, 0.2) is 0 Å². The van der Waals surface area contributed by atoms with Crippen molar-refractivity contribution in [3.05, 3.63) is 35.9 Å². The van der Waals surface area contributed by atoms with Gasteiger partial charge < -0.3 is 14.7 Å². The van der Waals surface area contributed by atoms with Crippen LogP contribution in [0.2, 0.25) is 0 Å². The van der Waals surface area contributed by atoms with Gasteiger partial charge >= 0.3 is 0 Å². The number of hydrogen-bond acceptors (Lipinski definition) is 3. The zero-order valence-electron chi connectivity index (χ0n) is 16.4. The maximum absolute atomic E-state index is 13.0. The van der Waals surface area contributed by atoms with E-state index in [-0.39, 0.29) is 22.1 Å². The molecule has 1 aliphatic heterocycles. The minimum atomic E-state index is -0.582. The second-order valence-electron chi connectivity index (χ2n) is 7.13. The average Bonchev–Trinajstić information content (AvgIpc) is 2.70. The summed E-state index contributed by atoms with van der Waals surface area (Å²) in [6.45, 7) is 6.93. The highest BCUT2D eigenvalue weighted by atomic mass is 127. The predicted molar refractivity (Wildman–Crippen MR) is 114 cm³/mol. The summed E-state index contributed by atoms with van der Waals surface area (Å²) in [6.07, 6.45) is 0.495. The first-order chi connectivity index (χ1) is 12.8. The van der Waals surface area contributed by atoms with Crippen molar-refractivity contribution in [2.75, 3.05) is 24.6 Å². The van der Waals surface area contributed by atoms with Crippen LogP contribution in [-0.4, -0.2) is 69.2 Å². The summed E-state index contributed by atoms with van der Waals surface area (Å²) in [5.74, 6) is 0.0308. The van der Waals surface area contributed by atoms with Crippen molar-refractivity contribution in [2.24, 2.45) is 5.92 Å². The summed E-state index contributed by atoms with van der Waals surface area (Å²) in [4.78, 5) is 43.4. The van der Waals surface area contributed by atoms with Crippen molar-refractivity contribution in [1.29, 1.82) is 0 Å². The van der Waals surface area contributed by atoms with Gasteiger partial charge in [0.2, 0.25) is 11.8 Å². The third-order valence-electron chi connectivity index (χ3n) is 5.21. The van der Waals surface area contributed by atoms with Gasteiger partial charge in [-0.25, -0.2) is 0 Å². The van der Waals surface area contributed by atoms with E-state index in [1.807, 2.05) is 40.8 Å². The molecule has 1 fully saturated rings. The fraction of sp³-hybridized carbons (Fsp3) is 0.550. The smallest absolute Gasteiger partial charge is 0.255 e. The third kappa shape index (κ3) is 4.80. The zero-order valence-corrected chi connectivity index (χ0v) is 18.5. The van der Waals surface area contributed by atoms with E-state index in [1.54, 1.807) is 40.8 Å². The van der Waals surface area contributed by atoms with E-state index in [4.69, 9.17) is 0 Å². The van der Waals surface area contributed by atoms with E-state index >= 15 is 0 Å². The fourth-order valence-corrected chi connectivity index (χ4v) is 3.76. The normalized spacial score (nSPS) is 21.1. The topological polar surface area (TPSA) is 60.9 Å². The number of nitrogens with zero attached hydrogens (tertiary/aromatic N) is 3. The molecule has 0 aromatic heterocycles. The van der Waals surface area contributed by atoms with Gasteiger partial charge in [0.1, 0.15) is 12.2 Å². The molecule has 1 aromatic carbocycles. The van der Waals surface area contributed by atoms with E-state index in [1.165, 1.54) is 0 Å². The average molecular weight is 485 g/mol. The van der Waals surface area contributed by atoms with Gasteiger partial charge in [-0.05, 0) is 25.0 Å². The Morgan fingerprint density at radius 2 is 1.93 bits per heavy atom. The van der Waals surface area contributed by atoms with Crippen molar-refractivity contribution < 1.29 is 14.4 Å². The molecule has 6 nitrogen and oxygen atoms in total. The molecule has 0 N–H and O–H groups in total. The zero-order chi connectivity index (χ0) is 20.1. The standard InChI is InChI=1S/C20H28IN3O3/c1-5-14(2)12-23-13-17(24(18(25)11-21)15(3)19(23)26)22(4)20(27)16-9-7-6-8-10-16/h6-10,14-15,17H,5,11-13H2,1-4H3. The number of likely N-dealkylation sites (N-methyl/N-ethyl adjacent to an activating group) is 1. The van der Waals surface area contributed by atoms with Crippen LogP contribution in [0.1, 0.15) is 37.6 Å². The van der Waals surface area contributed by atoms with Gasteiger partial charge in [-0.3, -0.25) is 14.4 Å². The van der Waals surface area contributed by atoms with Crippen molar-refractivity contribution in [3.8, 4) is 0 Å². The van der Waals surface area contributed by atoms with Crippen molar-refractivity contribution in [2.45, 2.75) is 39.4 Å². The summed E-state index contributed by atoms with van der Waals surface area (Å²) in [5, 5.41) is 0. The summed E-state index contributed by atoms with van der Waals surface area (Å²) >= 11 is 2.01. The molecule has 1 aromatic rings. The Bertz CT molecular complexity index is 682. The molecule has 3 atom stereocenters. The predicted octanol–water partition coefficient (Wildman–Crippen LogP) is 2.63. The molecule has 27 heavy (non-hydrogen) atoms. The molecule has 3 amide bonds. The van der Waals surface area contributed by atoms with Crippen molar-refractivity contribution in [1.82, 2.24) is 14.7 Å². The van der Waals surface area contributed by atoms with Crippen molar-refractivity contribution >= 4 is 40.3 Å². The van der Waals surface area contributed by atoms with Crippen LogP contribution in [0.5, 0.6) is 0 Å². The van der Waals surface area contributed by atoms with E-state index < -0.39 is 12.2 Å². The SMILES string of the molecule is CCC(C)CN1CC(N(C)C(=O)c2ccccc2)N(C(=O)CI)C(C)C1=O. The van der Waals surface area contributed by atoms with E-state index in [2.05, 4.69) is 13.8 Å². The van der Waals surface area contributed by atoms with Gasteiger partial charge in [0, 0.05) is 19.2 Å². The number of benzene rings is 1. The van der Waals surface area contributed by atoms with Crippen LogP contribution >= 0.6 is 22.6 Å². The molecule has 1 heterocycles. The van der Waals surface area contributed by atoms with Crippen LogP contribution in [0.15, 0.2) is 30.3 Å². The van der Waals surface area contributed by atoms with Gasteiger partial charge in [0.25, 0.3) is 5.91 Å². The first-order valence-corrected chi connectivity index (χ1v) is 10.8. The van der Waals surface area contributed by atoms with Gasteiger partial charge in [0.05, 0.1) is 11.0 Å². The molecular weight excluding hydrogens is 457 g/mol. The maximum Gasteiger partial charge on any atom is 0.255 e. The van der Waals surface area contributed by atoms with Gasteiger partial charge in [-0.2, -0.15) is 0 Å². The molecule has 148 valence electrons. The van der Waals surface area contributed by atoms with E-state index in [9.17, 15) is 14.4 Å². The highest BCUT2D eigenvalue weighted by Gasteiger charge is 2.43. The summed E-state index contributed by atoms with van der Waals surface area (Å²) < 4.78 is 0.268. The Morgan fingerprint density at radius 3 is 2.48 bits per heavy atom. The lowest BCUT2D eigenvalue weighted by Crippen LogP contribution is -2.68. The molecule has 1 saturated heterocycles. The lowest BCUT2D eigenvalue weighted by atomic mass is 10.0. The minimum Gasteiger partial charge on any atom is -0.337 e. The van der Waals surface area contributed by atoms with Crippen LogP contribution in [0.4, 0.5) is 0 Å². The molecule has 0 spiro atoms. The second kappa shape index (κ2) is 9.52. The molecule has 0 aliphatic carbocycles. The van der Waals surface area contributed by atoms with E-state index in [0.717, 1.165) is 6.42 Å².